The Kier molecular flexibility index (Phi) is 6.13. The fourth-order valence-corrected chi connectivity index (χ4v) is 2.07. The second kappa shape index (κ2) is 7.14. The summed E-state index contributed by atoms with van der Waals surface area (Å²) in [5.74, 6) is 1.95. The second-order valence-corrected chi connectivity index (χ2v) is 4.95. The smallest absolute Gasteiger partial charge is 0.136 e. The van der Waals surface area contributed by atoms with Crippen molar-refractivity contribution >= 4 is 27.7 Å². The third kappa shape index (κ3) is 4.05. The Hall–Kier alpha value is -0.190. The zero-order valence-electron chi connectivity index (χ0n) is 8.83. The molecule has 0 spiro atoms. The van der Waals surface area contributed by atoms with Gasteiger partial charge in [0.05, 0.1) is 11.1 Å². The van der Waals surface area contributed by atoms with Crippen LogP contribution in [0.3, 0.4) is 0 Å². The molecule has 1 aromatic carbocycles. The van der Waals surface area contributed by atoms with Crippen LogP contribution in [0.2, 0.25) is 0 Å². The molecule has 0 fully saturated rings. The lowest BCUT2D eigenvalue weighted by atomic mass is 10.1. The van der Waals surface area contributed by atoms with Gasteiger partial charge in [-0.25, -0.2) is 0 Å². The molecule has 1 rings (SSSR count). The normalized spacial score (nSPS) is 10.3. The van der Waals surface area contributed by atoms with Crippen molar-refractivity contribution in [3.8, 4) is 5.75 Å². The van der Waals surface area contributed by atoms with Crippen LogP contribution < -0.4 is 10.5 Å². The molecule has 1 aromatic rings. The van der Waals surface area contributed by atoms with Gasteiger partial charge in [0.2, 0.25) is 0 Å². The zero-order valence-corrected chi connectivity index (χ0v) is 11.2. The molecule has 0 aliphatic rings. The zero-order chi connectivity index (χ0) is 11.1. The summed E-state index contributed by atoms with van der Waals surface area (Å²) in [6.45, 7) is 1.39. The molecular formula is C11H16BrNOS. The molecule has 0 saturated carbocycles. The summed E-state index contributed by atoms with van der Waals surface area (Å²) >= 11 is 5.28. The Morgan fingerprint density at radius 2 is 2.27 bits per heavy atom. The lowest BCUT2D eigenvalue weighted by Crippen LogP contribution is -2.07. The van der Waals surface area contributed by atoms with Gasteiger partial charge in [0.25, 0.3) is 0 Å². The molecule has 0 unspecified atom stereocenters. The number of para-hydroxylation sites is 1. The first-order valence-electron chi connectivity index (χ1n) is 4.88. The van der Waals surface area contributed by atoms with Gasteiger partial charge in [-0.05, 0) is 46.8 Å². The minimum absolute atomic E-state index is 0.648. The molecule has 0 amide bonds. The average Bonchev–Trinajstić information content (AvgIpc) is 2.23. The molecule has 0 aliphatic heterocycles. The fraction of sp³-hybridized carbons (Fsp3) is 0.455. The number of rotatable bonds is 6. The van der Waals surface area contributed by atoms with Crippen LogP contribution in [-0.4, -0.2) is 25.2 Å². The summed E-state index contributed by atoms with van der Waals surface area (Å²) in [4.78, 5) is 0. The van der Waals surface area contributed by atoms with Crippen molar-refractivity contribution in [2.45, 2.75) is 6.42 Å². The van der Waals surface area contributed by atoms with Crippen LogP contribution >= 0.6 is 27.7 Å². The van der Waals surface area contributed by atoms with Gasteiger partial charge in [-0.2, -0.15) is 11.8 Å². The molecule has 0 radical (unpaired) electrons. The van der Waals surface area contributed by atoms with E-state index in [-0.39, 0.29) is 0 Å². The van der Waals surface area contributed by atoms with E-state index in [1.807, 2.05) is 12.1 Å². The molecule has 0 heterocycles. The lowest BCUT2D eigenvalue weighted by Gasteiger charge is -2.12. The summed E-state index contributed by atoms with van der Waals surface area (Å²) < 4.78 is 6.75. The van der Waals surface area contributed by atoms with Crippen LogP contribution in [0.1, 0.15) is 5.56 Å². The van der Waals surface area contributed by atoms with E-state index >= 15 is 0 Å². The third-order valence-corrected chi connectivity index (χ3v) is 3.20. The maximum absolute atomic E-state index is 5.74. The van der Waals surface area contributed by atoms with E-state index in [2.05, 4.69) is 28.3 Å². The second-order valence-electron chi connectivity index (χ2n) is 3.11. The summed E-state index contributed by atoms with van der Waals surface area (Å²) in [6.07, 6.45) is 2.93. The van der Waals surface area contributed by atoms with Crippen LogP contribution in [0.5, 0.6) is 5.75 Å². The largest absolute Gasteiger partial charge is 0.491 e. The molecule has 84 valence electrons. The average molecular weight is 290 g/mol. The van der Waals surface area contributed by atoms with Crippen LogP contribution in [0.4, 0.5) is 0 Å². The first-order chi connectivity index (χ1) is 7.29. The summed E-state index contributed by atoms with van der Waals surface area (Å²) in [6, 6.07) is 6.07. The van der Waals surface area contributed by atoms with Crippen molar-refractivity contribution < 1.29 is 4.74 Å². The number of thioether (sulfide) groups is 1. The van der Waals surface area contributed by atoms with Crippen molar-refractivity contribution in [2.75, 3.05) is 25.2 Å². The maximum atomic E-state index is 5.74. The number of hydrogen-bond donors (Lipinski definition) is 1. The Balaban J connectivity index is 2.72. The quantitative estimate of drug-likeness (QED) is 0.818. The van der Waals surface area contributed by atoms with Gasteiger partial charge in [-0.15, -0.1) is 0 Å². The number of nitrogens with two attached hydrogens (primary N) is 1. The first-order valence-corrected chi connectivity index (χ1v) is 7.07. The van der Waals surface area contributed by atoms with E-state index in [0.29, 0.717) is 6.54 Å². The van der Waals surface area contributed by atoms with Crippen molar-refractivity contribution in [1.29, 1.82) is 0 Å². The van der Waals surface area contributed by atoms with Crippen LogP contribution in [-0.2, 0) is 6.42 Å². The van der Waals surface area contributed by atoms with Crippen molar-refractivity contribution in [3.63, 3.8) is 0 Å². The van der Waals surface area contributed by atoms with Crippen molar-refractivity contribution in [2.24, 2.45) is 5.73 Å². The summed E-state index contributed by atoms with van der Waals surface area (Å²) in [5.41, 5.74) is 6.73. The van der Waals surface area contributed by atoms with Crippen LogP contribution in [0.15, 0.2) is 22.7 Å². The topological polar surface area (TPSA) is 35.2 Å². The number of ether oxygens (including phenoxy) is 1. The van der Waals surface area contributed by atoms with Gasteiger partial charge in [0.1, 0.15) is 5.75 Å². The summed E-state index contributed by atoms with van der Waals surface area (Å²) in [7, 11) is 0. The van der Waals surface area contributed by atoms with E-state index in [4.69, 9.17) is 10.5 Å². The van der Waals surface area contributed by atoms with E-state index < -0.39 is 0 Å². The molecule has 0 aromatic heterocycles. The highest BCUT2D eigenvalue weighted by molar-refractivity contribution is 9.10. The molecule has 4 heteroatoms. The predicted octanol–water partition coefficient (Wildman–Crippen LogP) is 2.69. The maximum Gasteiger partial charge on any atom is 0.136 e. The number of halogens is 1. The van der Waals surface area contributed by atoms with Crippen molar-refractivity contribution in [3.05, 3.63) is 28.2 Å². The van der Waals surface area contributed by atoms with E-state index in [1.165, 1.54) is 5.56 Å². The van der Waals surface area contributed by atoms with Gasteiger partial charge < -0.3 is 10.5 Å². The third-order valence-electron chi connectivity index (χ3n) is 2.00. The minimum Gasteiger partial charge on any atom is -0.491 e. The van der Waals surface area contributed by atoms with Gasteiger partial charge in [0.15, 0.2) is 0 Å². The van der Waals surface area contributed by atoms with Crippen LogP contribution in [0.25, 0.3) is 0 Å². The Morgan fingerprint density at radius 1 is 1.47 bits per heavy atom. The highest BCUT2D eigenvalue weighted by Gasteiger charge is 2.06. The fourth-order valence-electron chi connectivity index (χ4n) is 1.29. The van der Waals surface area contributed by atoms with Gasteiger partial charge in [-0.1, -0.05) is 12.1 Å². The Bertz CT molecular complexity index is 307. The van der Waals surface area contributed by atoms with Crippen LogP contribution in [0, 0.1) is 0 Å². The SMILES string of the molecule is CSCCOc1c(Br)cccc1CCN. The molecule has 0 saturated heterocycles. The van der Waals surface area contributed by atoms with Crippen molar-refractivity contribution in [1.82, 2.24) is 0 Å². The summed E-state index contributed by atoms with van der Waals surface area (Å²) in [5, 5.41) is 0. The monoisotopic (exact) mass is 289 g/mol. The van der Waals surface area contributed by atoms with E-state index in [9.17, 15) is 0 Å². The van der Waals surface area contributed by atoms with Gasteiger partial charge in [-0.3, -0.25) is 0 Å². The van der Waals surface area contributed by atoms with E-state index in [1.54, 1.807) is 11.8 Å². The molecule has 0 aliphatic carbocycles. The molecule has 0 atom stereocenters. The molecule has 2 nitrogen and oxygen atoms in total. The molecular weight excluding hydrogens is 274 g/mol. The predicted molar refractivity (Wildman–Crippen MR) is 70.8 cm³/mol. The van der Waals surface area contributed by atoms with Gasteiger partial charge in [0, 0.05) is 5.75 Å². The first kappa shape index (κ1) is 12.9. The number of benzene rings is 1. The van der Waals surface area contributed by atoms with Gasteiger partial charge >= 0.3 is 0 Å². The van der Waals surface area contributed by atoms with E-state index in [0.717, 1.165) is 29.0 Å². The molecule has 0 bridgehead atoms. The highest BCUT2D eigenvalue weighted by atomic mass is 79.9. The molecule has 15 heavy (non-hydrogen) atoms. The molecule has 2 N–H and O–H groups in total. The number of hydrogen-bond acceptors (Lipinski definition) is 3. The lowest BCUT2D eigenvalue weighted by molar-refractivity contribution is 0.338. The standard InChI is InChI=1S/C11H16BrNOS/c1-15-8-7-14-11-9(5-6-13)3-2-4-10(11)12/h2-4H,5-8,13H2,1H3. The highest BCUT2D eigenvalue weighted by Crippen LogP contribution is 2.29. The Morgan fingerprint density at radius 3 is 2.93 bits per heavy atom. The Labute approximate surface area is 104 Å². The minimum atomic E-state index is 0.648.